The third kappa shape index (κ3) is 3.03. The Morgan fingerprint density at radius 1 is 1.12 bits per heavy atom. The van der Waals surface area contributed by atoms with Gasteiger partial charge >= 0.3 is 7.12 Å². The van der Waals surface area contributed by atoms with Crippen LogP contribution in [0.25, 0.3) is 10.9 Å². The zero-order valence-electron chi connectivity index (χ0n) is 15.3. The van der Waals surface area contributed by atoms with Crippen molar-refractivity contribution >= 4 is 23.8 Å². The second-order valence-corrected chi connectivity index (χ2v) is 7.64. The molecule has 1 fully saturated rings. The fraction of sp³-hybridized carbons (Fsp3) is 0.526. The van der Waals surface area contributed by atoms with Gasteiger partial charge in [-0.1, -0.05) is 18.2 Å². The Hall–Kier alpha value is -1.59. The number of carbonyl (C=O) groups is 1. The van der Waals surface area contributed by atoms with Gasteiger partial charge in [0.05, 0.1) is 11.2 Å². The number of aromatic nitrogens is 1. The number of para-hydroxylation sites is 1. The maximum Gasteiger partial charge on any atom is 0.457 e. The first kappa shape index (κ1) is 17.2. The number of Topliss-reactive ketones (excluding diaryl/α,β-unsaturated/α-hetero) is 1. The summed E-state index contributed by atoms with van der Waals surface area (Å²) in [7, 11) is -0.163. The Morgan fingerprint density at radius 2 is 1.75 bits per heavy atom. The molecule has 128 valence electrons. The third-order valence-corrected chi connectivity index (χ3v) is 5.31. The van der Waals surface area contributed by atoms with E-state index in [2.05, 4.69) is 38.3 Å². The van der Waals surface area contributed by atoms with Crippen LogP contribution in [0, 0.1) is 0 Å². The summed E-state index contributed by atoms with van der Waals surface area (Å²) in [6.07, 6.45) is 3.75. The van der Waals surface area contributed by atoms with Crippen molar-refractivity contribution in [2.75, 3.05) is 0 Å². The molecule has 0 radical (unpaired) electrons. The van der Waals surface area contributed by atoms with Gasteiger partial charge < -0.3 is 13.9 Å². The van der Waals surface area contributed by atoms with Crippen LogP contribution in [0.5, 0.6) is 0 Å². The molecule has 24 heavy (non-hydrogen) atoms. The summed E-state index contributed by atoms with van der Waals surface area (Å²) in [5.41, 5.74) is 1.34. The van der Waals surface area contributed by atoms with Gasteiger partial charge in [0, 0.05) is 29.2 Å². The minimum atomic E-state index is -0.278. The van der Waals surface area contributed by atoms with Crippen molar-refractivity contribution in [2.24, 2.45) is 0 Å². The van der Waals surface area contributed by atoms with Crippen LogP contribution in [-0.4, -0.2) is 28.7 Å². The largest absolute Gasteiger partial charge is 0.457 e. The van der Waals surface area contributed by atoms with Gasteiger partial charge in [-0.05, 0) is 53.4 Å². The minimum absolute atomic E-state index is 0.107. The maximum atomic E-state index is 11.8. The number of aryl methyl sites for hydroxylation is 1. The lowest BCUT2D eigenvalue weighted by atomic mass is 9.83. The second kappa shape index (κ2) is 6.05. The average Bonchev–Trinajstić information content (AvgIpc) is 2.94. The van der Waals surface area contributed by atoms with Crippen LogP contribution in [0.15, 0.2) is 30.5 Å². The standard InChI is InChI=1S/C19H26BNO3/c1-14(22)16-13-21(17-10-7-6-9-15(16)17)12-8-11-20-23-18(2,3)19(4,5)24-20/h6-7,9-10,13H,8,11-12H2,1-5H3. The van der Waals surface area contributed by atoms with Gasteiger partial charge in [0.2, 0.25) is 0 Å². The monoisotopic (exact) mass is 327 g/mol. The van der Waals surface area contributed by atoms with Crippen molar-refractivity contribution in [2.45, 2.75) is 65.1 Å². The number of rotatable bonds is 5. The van der Waals surface area contributed by atoms with Crippen LogP contribution in [0.2, 0.25) is 6.32 Å². The molecule has 1 aromatic carbocycles. The van der Waals surface area contributed by atoms with E-state index in [1.54, 1.807) is 6.92 Å². The molecular formula is C19H26BNO3. The molecule has 2 heterocycles. The topological polar surface area (TPSA) is 40.5 Å². The fourth-order valence-corrected chi connectivity index (χ4v) is 3.22. The van der Waals surface area contributed by atoms with Crippen molar-refractivity contribution in [1.82, 2.24) is 4.57 Å². The van der Waals surface area contributed by atoms with Crippen LogP contribution in [-0.2, 0) is 15.9 Å². The first-order chi connectivity index (χ1) is 11.2. The van der Waals surface area contributed by atoms with Crippen LogP contribution in [0.4, 0.5) is 0 Å². The molecule has 0 atom stereocenters. The Morgan fingerprint density at radius 3 is 2.38 bits per heavy atom. The SMILES string of the molecule is CC(=O)c1cn(CCCB2OC(C)(C)C(C)(C)O2)c2ccccc12. The van der Waals surface area contributed by atoms with E-state index < -0.39 is 0 Å². The highest BCUT2D eigenvalue weighted by atomic mass is 16.7. The van der Waals surface area contributed by atoms with Crippen LogP contribution >= 0.6 is 0 Å². The summed E-state index contributed by atoms with van der Waals surface area (Å²) in [5.74, 6) is 0.107. The van der Waals surface area contributed by atoms with Crippen molar-refractivity contribution in [3.05, 3.63) is 36.0 Å². The summed E-state index contributed by atoms with van der Waals surface area (Å²) in [5, 5.41) is 1.03. The van der Waals surface area contributed by atoms with Crippen molar-refractivity contribution in [3.63, 3.8) is 0 Å². The zero-order valence-corrected chi connectivity index (χ0v) is 15.3. The van der Waals surface area contributed by atoms with E-state index in [1.807, 2.05) is 24.4 Å². The quantitative estimate of drug-likeness (QED) is 0.606. The number of nitrogens with zero attached hydrogens (tertiary/aromatic N) is 1. The molecule has 4 nitrogen and oxygen atoms in total. The molecule has 3 rings (SSSR count). The lowest BCUT2D eigenvalue weighted by molar-refractivity contribution is 0.00578. The highest BCUT2D eigenvalue weighted by molar-refractivity contribution is 6.45. The number of ketones is 1. The van der Waals surface area contributed by atoms with E-state index in [0.717, 1.165) is 35.8 Å². The van der Waals surface area contributed by atoms with E-state index in [4.69, 9.17) is 9.31 Å². The average molecular weight is 327 g/mol. The number of benzene rings is 1. The van der Waals surface area contributed by atoms with Gasteiger partial charge in [-0.25, -0.2) is 0 Å². The van der Waals surface area contributed by atoms with E-state index in [-0.39, 0.29) is 24.1 Å². The smallest absolute Gasteiger partial charge is 0.403 e. The number of fused-ring (bicyclic) bond motifs is 1. The lowest BCUT2D eigenvalue weighted by Gasteiger charge is -2.32. The number of hydrogen-bond acceptors (Lipinski definition) is 3. The zero-order chi connectivity index (χ0) is 17.5. The maximum absolute atomic E-state index is 11.8. The highest BCUT2D eigenvalue weighted by Gasteiger charge is 2.50. The van der Waals surface area contributed by atoms with E-state index in [1.165, 1.54) is 0 Å². The summed E-state index contributed by atoms with van der Waals surface area (Å²) in [4.78, 5) is 11.8. The van der Waals surface area contributed by atoms with Crippen molar-refractivity contribution < 1.29 is 14.1 Å². The van der Waals surface area contributed by atoms with Gasteiger partial charge in [0.25, 0.3) is 0 Å². The molecule has 1 aromatic heterocycles. The Kier molecular flexibility index (Phi) is 4.35. The van der Waals surface area contributed by atoms with Gasteiger partial charge in [-0.2, -0.15) is 0 Å². The lowest BCUT2D eigenvalue weighted by Crippen LogP contribution is -2.41. The number of hydrogen-bond donors (Lipinski definition) is 0. The molecule has 2 aromatic rings. The van der Waals surface area contributed by atoms with E-state index in [9.17, 15) is 4.79 Å². The summed E-state index contributed by atoms with van der Waals surface area (Å²) < 4.78 is 14.3. The summed E-state index contributed by atoms with van der Waals surface area (Å²) >= 11 is 0. The predicted molar refractivity (Wildman–Crippen MR) is 97.4 cm³/mol. The van der Waals surface area contributed by atoms with Crippen LogP contribution in [0.1, 0.15) is 51.4 Å². The van der Waals surface area contributed by atoms with E-state index >= 15 is 0 Å². The van der Waals surface area contributed by atoms with Crippen LogP contribution < -0.4 is 0 Å². The molecule has 1 saturated heterocycles. The molecule has 1 aliphatic rings. The van der Waals surface area contributed by atoms with Gasteiger partial charge in [0.15, 0.2) is 5.78 Å². The molecule has 0 spiro atoms. The molecule has 0 saturated carbocycles. The minimum Gasteiger partial charge on any atom is -0.403 e. The molecule has 5 heteroatoms. The fourth-order valence-electron chi connectivity index (χ4n) is 3.22. The van der Waals surface area contributed by atoms with Crippen molar-refractivity contribution in [3.8, 4) is 0 Å². The molecule has 0 amide bonds. The molecule has 0 N–H and O–H groups in total. The first-order valence-electron chi connectivity index (χ1n) is 8.66. The highest BCUT2D eigenvalue weighted by Crippen LogP contribution is 2.38. The Labute approximate surface area is 144 Å². The normalized spacial score (nSPS) is 19.1. The van der Waals surface area contributed by atoms with E-state index in [0.29, 0.717) is 0 Å². The Balaban J connectivity index is 1.68. The summed E-state index contributed by atoms with van der Waals surface area (Å²) in [6, 6.07) is 8.06. The number of carbonyl (C=O) groups excluding carboxylic acids is 1. The summed E-state index contributed by atoms with van der Waals surface area (Å²) in [6.45, 7) is 10.8. The molecule has 0 unspecified atom stereocenters. The second-order valence-electron chi connectivity index (χ2n) is 7.64. The third-order valence-electron chi connectivity index (χ3n) is 5.31. The molecule has 0 aliphatic carbocycles. The van der Waals surface area contributed by atoms with Gasteiger partial charge in [-0.15, -0.1) is 0 Å². The molecular weight excluding hydrogens is 301 g/mol. The molecule has 0 bridgehead atoms. The van der Waals surface area contributed by atoms with Crippen LogP contribution in [0.3, 0.4) is 0 Å². The van der Waals surface area contributed by atoms with Gasteiger partial charge in [-0.3, -0.25) is 4.79 Å². The van der Waals surface area contributed by atoms with Crippen molar-refractivity contribution in [1.29, 1.82) is 0 Å². The Bertz CT molecular complexity index is 747. The first-order valence-corrected chi connectivity index (χ1v) is 8.66. The van der Waals surface area contributed by atoms with Gasteiger partial charge in [0.1, 0.15) is 0 Å². The predicted octanol–water partition coefficient (Wildman–Crippen LogP) is 4.33. The molecule has 1 aliphatic heterocycles.